The molecule has 5 rings (SSSR count). The molecule has 1 amide bonds. The van der Waals surface area contributed by atoms with Crippen LogP contribution in [0.1, 0.15) is 47.6 Å². The minimum absolute atomic E-state index is 0.0719. The lowest BCUT2D eigenvalue weighted by atomic mass is 9.69. The van der Waals surface area contributed by atoms with Crippen LogP contribution in [0.4, 0.5) is 5.69 Å². The molecule has 6 nitrogen and oxygen atoms in total. The van der Waals surface area contributed by atoms with Crippen LogP contribution in [0.25, 0.3) is 0 Å². The number of rotatable bonds is 6. The van der Waals surface area contributed by atoms with Gasteiger partial charge in [-0.1, -0.05) is 35.9 Å². The van der Waals surface area contributed by atoms with Gasteiger partial charge in [-0.2, -0.15) is 0 Å². The number of allylic oxidation sites excluding steroid dienone is 2. The third kappa shape index (κ3) is 4.65. The number of Topliss-reactive ketones (excluding diaryl/α,β-unsaturated/α-hetero) is 1. The Balaban J connectivity index is 1.73. The first kappa shape index (κ1) is 26.2. The molecule has 38 heavy (non-hydrogen) atoms. The van der Waals surface area contributed by atoms with Crippen LogP contribution in [0, 0.1) is 12.8 Å². The van der Waals surface area contributed by atoms with Crippen molar-refractivity contribution in [1.29, 1.82) is 0 Å². The van der Waals surface area contributed by atoms with Crippen molar-refractivity contribution in [3.05, 3.63) is 92.3 Å². The molecular weight excluding hydrogens is 522 g/mol. The summed E-state index contributed by atoms with van der Waals surface area (Å²) in [5.41, 5.74) is 3.37. The summed E-state index contributed by atoms with van der Waals surface area (Å²) < 4.78 is 10.8. The highest BCUT2D eigenvalue weighted by Gasteiger charge is 2.50. The van der Waals surface area contributed by atoms with E-state index in [4.69, 9.17) is 21.1 Å². The smallest absolute Gasteiger partial charge is 0.317 e. The van der Waals surface area contributed by atoms with Crippen molar-refractivity contribution >= 4 is 46.3 Å². The predicted molar refractivity (Wildman–Crippen MR) is 148 cm³/mol. The average molecular weight is 550 g/mol. The molecule has 2 aliphatic rings. The molecule has 0 spiro atoms. The molecule has 3 aromatic rings. The molecule has 0 bridgehead atoms. The zero-order valence-corrected chi connectivity index (χ0v) is 23.0. The molecule has 1 aliphatic carbocycles. The van der Waals surface area contributed by atoms with Gasteiger partial charge in [0.1, 0.15) is 11.7 Å². The SMILES string of the molecule is CCOC(=O)[C@H]1C(=O)C2=C(C[C@@H]1c1cccs1)N(c1ccc(C)c(Cl)c1)C(=O)C[C@H]2c1cccc(OC)c1. The van der Waals surface area contributed by atoms with Crippen molar-refractivity contribution in [2.24, 2.45) is 5.92 Å². The summed E-state index contributed by atoms with van der Waals surface area (Å²) in [6.07, 6.45) is 0.408. The molecule has 0 fully saturated rings. The van der Waals surface area contributed by atoms with Crippen LogP contribution in [-0.2, 0) is 19.1 Å². The third-order valence-electron chi connectivity index (χ3n) is 7.28. The van der Waals surface area contributed by atoms with Crippen molar-refractivity contribution in [3.8, 4) is 5.75 Å². The molecule has 8 heteroatoms. The highest BCUT2D eigenvalue weighted by Crippen LogP contribution is 2.50. The van der Waals surface area contributed by atoms with Crippen LogP contribution in [0.5, 0.6) is 5.75 Å². The van der Waals surface area contributed by atoms with Gasteiger partial charge in [0.05, 0.1) is 19.4 Å². The second-order valence-electron chi connectivity index (χ2n) is 9.48. The van der Waals surface area contributed by atoms with E-state index in [0.717, 1.165) is 16.0 Å². The average Bonchev–Trinajstić information content (AvgIpc) is 3.45. The summed E-state index contributed by atoms with van der Waals surface area (Å²) in [5.74, 6) is -2.29. The first-order valence-electron chi connectivity index (χ1n) is 12.5. The maximum atomic E-state index is 14.4. The number of carbonyl (C=O) groups is 3. The molecule has 1 aromatic heterocycles. The molecule has 196 valence electrons. The number of carbonyl (C=O) groups excluding carboxylic acids is 3. The fourth-order valence-electron chi connectivity index (χ4n) is 5.47. The first-order chi connectivity index (χ1) is 18.3. The number of esters is 1. The summed E-state index contributed by atoms with van der Waals surface area (Å²) in [4.78, 5) is 44.0. The maximum Gasteiger partial charge on any atom is 0.317 e. The number of halogens is 1. The zero-order chi connectivity index (χ0) is 27.0. The number of ketones is 1. The largest absolute Gasteiger partial charge is 0.497 e. The maximum absolute atomic E-state index is 14.4. The van der Waals surface area contributed by atoms with E-state index in [0.29, 0.717) is 34.2 Å². The number of ether oxygens (including phenoxy) is 2. The Kier molecular flexibility index (Phi) is 7.41. The molecule has 0 saturated heterocycles. The van der Waals surface area contributed by atoms with Crippen LogP contribution in [0.2, 0.25) is 5.02 Å². The lowest BCUT2D eigenvalue weighted by Gasteiger charge is -2.42. The van der Waals surface area contributed by atoms with Crippen LogP contribution >= 0.6 is 22.9 Å². The second kappa shape index (κ2) is 10.8. The highest BCUT2D eigenvalue weighted by atomic mass is 35.5. The zero-order valence-electron chi connectivity index (χ0n) is 21.4. The van der Waals surface area contributed by atoms with Gasteiger partial charge in [0.15, 0.2) is 5.78 Å². The van der Waals surface area contributed by atoms with Gasteiger partial charge < -0.3 is 9.47 Å². The number of aryl methyl sites for hydroxylation is 1. The molecular formula is C30H28ClNO5S. The summed E-state index contributed by atoms with van der Waals surface area (Å²) >= 11 is 7.95. The van der Waals surface area contributed by atoms with E-state index in [2.05, 4.69) is 0 Å². The number of anilines is 1. The minimum Gasteiger partial charge on any atom is -0.497 e. The monoisotopic (exact) mass is 549 g/mol. The Bertz CT molecular complexity index is 1430. The molecule has 3 atom stereocenters. The van der Waals surface area contributed by atoms with E-state index >= 15 is 0 Å². The highest BCUT2D eigenvalue weighted by molar-refractivity contribution is 7.10. The fraction of sp³-hybridized carbons (Fsp3) is 0.300. The number of nitrogens with zero attached hydrogens (tertiary/aromatic N) is 1. The molecule has 0 saturated carbocycles. The molecule has 0 unspecified atom stereocenters. The van der Waals surface area contributed by atoms with E-state index < -0.39 is 23.7 Å². The molecule has 2 aromatic carbocycles. The van der Waals surface area contributed by atoms with Crippen molar-refractivity contribution in [3.63, 3.8) is 0 Å². The Morgan fingerprint density at radius 2 is 1.92 bits per heavy atom. The number of thiophene rings is 1. The summed E-state index contributed by atoms with van der Waals surface area (Å²) in [7, 11) is 1.58. The van der Waals surface area contributed by atoms with Gasteiger partial charge >= 0.3 is 5.97 Å². The Labute approximate surface area is 230 Å². The van der Waals surface area contributed by atoms with Gasteiger partial charge in [-0.15, -0.1) is 11.3 Å². The van der Waals surface area contributed by atoms with Crippen LogP contribution < -0.4 is 9.64 Å². The van der Waals surface area contributed by atoms with Crippen molar-refractivity contribution in [1.82, 2.24) is 0 Å². The van der Waals surface area contributed by atoms with E-state index in [1.807, 2.05) is 60.8 Å². The lowest BCUT2D eigenvalue weighted by molar-refractivity contribution is -0.152. The Morgan fingerprint density at radius 1 is 1.11 bits per heavy atom. The normalized spacial score (nSPS) is 21.4. The number of hydrogen-bond acceptors (Lipinski definition) is 6. The summed E-state index contributed by atoms with van der Waals surface area (Å²) in [5, 5.41) is 2.46. The van der Waals surface area contributed by atoms with Gasteiger partial charge in [0.2, 0.25) is 5.91 Å². The molecule has 2 heterocycles. The van der Waals surface area contributed by atoms with E-state index in [1.165, 1.54) is 11.3 Å². The first-order valence-corrected chi connectivity index (χ1v) is 13.8. The topological polar surface area (TPSA) is 72.9 Å². The minimum atomic E-state index is -0.989. The van der Waals surface area contributed by atoms with Crippen molar-refractivity contribution in [2.75, 3.05) is 18.6 Å². The third-order valence-corrected chi connectivity index (χ3v) is 8.69. The van der Waals surface area contributed by atoms with Crippen LogP contribution in [0.15, 0.2) is 71.2 Å². The number of hydrogen-bond donors (Lipinski definition) is 0. The number of methoxy groups -OCH3 is 1. The van der Waals surface area contributed by atoms with Gasteiger partial charge in [0, 0.05) is 39.4 Å². The van der Waals surface area contributed by atoms with E-state index in [9.17, 15) is 14.4 Å². The quantitative estimate of drug-likeness (QED) is 0.262. The Hall–Kier alpha value is -3.42. The number of benzene rings is 2. The lowest BCUT2D eigenvalue weighted by Crippen LogP contribution is -2.46. The van der Waals surface area contributed by atoms with Gasteiger partial charge in [-0.3, -0.25) is 19.3 Å². The summed E-state index contributed by atoms with van der Waals surface area (Å²) in [6, 6.07) is 16.7. The standard InChI is InChI=1S/C30H28ClNO5S/c1-4-37-30(35)28-22(25-9-6-12-38-25)15-24-27(29(28)34)21(18-7-5-8-20(13-18)36-3)16-26(33)32(24)19-11-10-17(2)23(31)14-19/h5-14,21-22,28H,4,15-16H2,1-3H3/t21-,22+,28+/m0/s1. The van der Waals surface area contributed by atoms with Crippen LogP contribution in [0.3, 0.4) is 0 Å². The van der Waals surface area contributed by atoms with Crippen LogP contribution in [-0.4, -0.2) is 31.4 Å². The Morgan fingerprint density at radius 3 is 2.61 bits per heavy atom. The number of amides is 1. The molecule has 1 aliphatic heterocycles. The van der Waals surface area contributed by atoms with E-state index in [-0.39, 0.29) is 24.7 Å². The molecule has 0 N–H and O–H groups in total. The van der Waals surface area contributed by atoms with Gasteiger partial charge in [0.25, 0.3) is 0 Å². The van der Waals surface area contributed by atoms with Crippen molar-refractivity contribution < 1.29 is 23.9 Å². The second-order valence-corrected chi connectivity index (χ2v) is 10.9. The summed E-state index contributed by atoms with van der Waals surface area (Å²) in [6.45, 7) is 3.81. The van der Waals surface area contributed by atoms with Crippen molar-refractivity contribution in [2.45, 2.75) is 38.5 Å². The predicted octanol–water partition coefficient (Wildman–Crippen LogP) is 6.43. The van der Waals surface area contributed by atoms with E-state index in [1.54, 1.807) is 25.0 Å². The van der Waals surface area contributed by atoms with Gasteiger partial charge in [-0.25, -0.2) is 0 Å². The van der Waals surface area contributed by atoms with Gasteiger partial charge in [-0.05, 0) is 67.1 Å². The molecule has 0 radical (unpaired) electrons. The fourth-order valence-corrected chi connectivity index (χ4v) is 6.51.